The zero-order valence-corrected chi connectivity index (χ0v) is 15.7. The third-order valence-electron chi connectivity index (χ3n) is 3.04. The first-order chi connectivity index (χ1) is 12.4. The van der Waals surface area contributed by atoms with Crippen molar-refractivity contribution in [3.05, 3.63) is 35.9 Å². The molecular weight excluding hydrogens is 405 g/mol. The Morgan fingerprint density at radius 3 is 2.44 bits per heavy atom. The molecule has 0 aliphatic heterocycles. The van der Waals surface area contributed by atoms with E-state index >= 15 is 0 Å². The molecule has 146 valence electrons. The molecule has 4 N–H and O–H groups in total. The van der Waals surface area contributed by atoms with E-state index in [1.807, 2.05) is 0 Å². The number of ether oxygens (including phenoxy) is 1. The number of carbonyl (C=O) groups excluding carboxylic acids is 2. The van der Waals surface area contributed by atoms with Crippen LogP contribution in [0.1, 0.15) is 24.2 Å². The van der Waals surface area contributed by atoms with Crippen molar-refractivity contribution >= 4 is 39.9 Å². The summed E-state index contributed by atoms with van der Waals surface area (Å²) in [6, 6.07) is 6.86. The average molecular weight is 420 g/mol. The Morgan fingerprint density at radius 2 is 1.89 bits per heavy atom. The van der Waals surface area contributed by atoms with Crippen molar-refractivity contribution in [3.63, 3.8) is 0 Å². The Morgan fingerprint density at radius 1 is 1.26 bits per heavy atom. The van der Waals surface area contributed by atoms with E-state index in [0.717, 1.165) is 29.2 Å². The maximum Gasteiger partial charge on any atom is 0.573 e. The van der Waals surface area contributed by atoms with Gasteiger partial charge in [-0.25, -0.2) is 0 Å². The molecule has 0 bridgehead atoms. The Labute approximate surface area is 160 Å². The molecule has 2 aromatic rings. The number of nitrogens with two attached hydrogens (primary N) is 1. The number of nitrogens with one attached hydrogen (secondary N) is 1. The number of benzene rings is 1. The van der Waals surface area contributed by atoms with Crippen LogP contribution in [0.15, 0.2) is 39.4 Å². The second-order valence-electron chi connectivity index (χ2n) is 5.78. The van der Waals surface area contributed by atoms with Crippen molar-refractivity contribution in [1.82, 2.24) is 0 Å². The van der Waals surface area contributed by atoms with Gasteiger partial charge in [0.1, 0.15) is 16.4 Å². The van der Waals surface area contributed by atoms with Gasteiger partial charge in [-0.1, -0.05) is 23.9 Å². The number of alkyl halides is 3. The lowest BCUT2D eigenvalue weighted by molar-refractivity contribution is -0.275. The van der Waals surface area contributed by atoms with Crippen LogP contribution in [-0.4, -0.2) is 28.9 Å². The molecule has 0 radical (unpaired) electrons. The Kier molecular flexibility index (Phi) is 6.07. The summed E-state index contributed by atoms with van der Waals surface area (Å²) >= 11 is 1.85. The quantitative estimate of drug-likeness (QED) is 0.663. The minimum atomic E-state index is -4.85. The molecule has 1 aromatic heterocycles. The zero-order valence-electron chi connectivity index (χ0n) is 14.1. The monoisotopic (exact) mass is 420 g/mol. The van der Waals surface area contributed by atoms with Crippen LogP contribution in [0.25, 0.3) is 0 Å². The standard InChI is InChI=1S/C16H15F3N2O4S2/c1-15(2,24)14(23)21-13-8(12(20)22)7-11(27-13)26-10-6-4-3-5-9(10)25-16(17,18)19/h3-7,24H,1-2H3,(H2,20,22)(H,21,23). The van der Waals surface area contributed by atoms with Crippen molar-refractivity contribution in [2.24, 2.45) is 5.73 Å². The molecule has 0 aliphatic carbocycles. The SMILES string of the molecule is CC(C)(O)C(=O)Nc1sc(Sc2ccccc2OC(F)(F)F)cc1C(N)=O. The molecule has 2 amide bonds. The van der Waals surface area contributed by atoms with Crippen LogP contribution in [0.4, 0.5) is 18.2 Å². The number of para-hydroxylation sites is 1. The number of thiophene rings is 1. The van der Waals surface area contributed by atoms with Gasteiger partial charge in [0.15, 0.2) is 0 Å². The number of halogens is 3. The summed E-state index contributed by atoms with van der Waals surface area (Å²) < 4.78 is 42.0. The Hall–Kier alpha value is -2.24. The zero-order chi connectivity index (χ0) is 20.4. The van der Waals surface area contributed by atoms with E-state index in [9.17, 15) is 27.9 Å². The van der Waals surface area contributed by atoms with Crippen molar-refractivity contribution in [1.29, 1.82) is 0 Å². The third kappa shape index (κ3) is 5.88. The summed E-state index contributed by atoms with van der Waals surface area (Å²) in [7, 11) is 0. The van der Waals surface area contributed by atoms with Gasteiger partial charge in [-0.3, -0.25) is 9.59 Å². The second-order valence-corrected chi connectivity index (χ2v) is 8.18. The van der Waals surface area contributed by atoms with Gasteiger partial charge in [-0.2, -0.15) is 0 Å². The number of anilines is 1. The lowest BCUT2D eigenvalue weighted by Crippen LogP contribution is -2.36. The summed E-state index contributed by atoms with van der Waals surface area (Å²) in [5.41, 5.74) is 3.58. The van der Waals surface area contributed by atoms with Gasteiger partial charge in [0, 0.05) is 0 Å². The fourth-order valence-corrected chi connectivity index (χ4v) is 4.03. The number of aliphatic hydroxyl groups is 1. The van der Waals surface area contributed by atoms with E-state index < -0.39 is 29.5 Å². The van der Waals surface area contributed by atoms with E-state index in [2.05, 4.69) is 10.1 Å². The highest BCUT2D eigenvalue weighted by Gasteiger charge is 2.32. The number of hydrogen-bond acceptors (Lipinski definition) is 6. The first-order valence-electron chi connectivity index (χ1n) is 7.37. The predicted octanol–water partition coefficient (Wildman–Crippen LogP) is 3.61. The highest BCUT2D eigenvalue weighted by molar-refractivity contribution is 8.01. The smallest absolute Gasteiger partial charge is 0.405 e. The summed E-state index contributed by atoms with van der Waals surface area (Å²) in [6.45, 7) is 2.53. The molecule has 0 atom stereocenters. The van der Waals surface area contributed by atoms with Crippen molar-refractivity contribution < 1.29 is 32.6 Å². The van der Waals surface area contributed by atoms with Gasteiger partial charge in [0.25, 0.3) is 11.8 Å². The predicted molar refractivity (Wildman–Crippen MR) is 95.0 cm³/mol. The van der Waals surface area contributed by atoms with E-state index in [1.54, 1.807) is 0 Å². The molecular formula is C16H15F3N2O4S2. The van der Waals surface area contributed by atoms with E-state index in [4.69, 9.17) is 5.73 Å². The molecule has 0 fully saturated rings. The summed E-state index contributed by atoms with van der Waals surface area (Å²) in [5.74, 6) is -1.99. The van der Waals surface area contributed by atoms with Gasteiger partial charge in [0.05, 0.1) is 14.7 Å². The molecule has 0 spiro atoms. The van der Waals surface area contributed by atoms with Crippen LogP contribution in [0.2, 0.25) is 0 Å². The number of rotatable bonds is 6. The molecule has 1 heterocycles. The molecule has 0 unspecified atom stereocenters. The van der Waals surface area contributed by atoms with Crippen molar-refractivity contribution in [2.75, 3.05) is 5.32 Å². The first kappa shape index (κ1) is 21.1. The van der Waals surface area contributed by atoms with Gasteiger partial charge >= 0.3 is 6.36 Å². The number of amides is 2. The number of carbonyl (C=O) groups is 2. The molecule has 11 heteroatoms. The largest absolute Gasteiger partial charge is 0.573 e. The fraction of sp³-hybridized carbons (Fsp3) is 0.250. The number of hydrogen-bond donors (Lipinski definition) is 3. The summed E-state index contributed by atoms with van der Waals surface area (Å²) in [5, 5.41) is 12.2. The molecule has 2 rings (SSSR count). The first-order valence-corrected chi connectivity index (χ1v) is 9.00. The van der Waals surface area contributed by atoms with Crippen LogP contribution >= 0.6 is 23.1 Å². The van der Waals surface area contributed by atoms with E-state index in [-0.39, 0.29) is 15.5 Å². The molecule has 0 saturated carbocycles. The van der Waals surface area contributed by atoms with Gasteiger partial charge in [0.2, 0.25) is 0 Å². The van der Waals surface area contributed by atoms with Crippen LogP contribution in [0, 0.1) is 0 Å². The van der Waals surface area contributed by atoms with Gasteiger partial charge in [-0.15, -0.1) is 24.5 Å². The van der Waals surface area contributed by atoms with Crippen LogP contribution in [0.5, 0.6) is 5.75 Å². The second kappa shape index (κ2) is 7.79. The maximum atomic E-state index is 12.5. The van der Waals surface area contributed by atoms with Crippen molar-refractivity contribution in [3.8, 4) is 5.75 Å². The topological polar surface area (TPSA) is 102 Å². The van der Waals surface area contributed by atoms with Crippen LogP contribution in [0.3, 0.4) is 0 Å². The third-order valence-corrected chi connectivity index (χ3v) is 5.26. The molecule has 0 saturated heterocycles. The highest BCUT2D eigenvalue weighted by atomic mass is 32.2. The van der Waals surface area contributed by atoms with Crippen LogP contribution < -0.4 is 15.8 Å². The average Bonchev–Trinajstić information content (AvgIpc) is 2.89. The Balaban J connectivity index is 2.32. The Bertz CT molecular complexity index is 860. The maximum absolute atomic E-state index is 12.5. The molecule has 1 aromatic carbocycles. The number of primary amides is 1. The lowest BCUT2D eigenvalue weighted by Gasteiger charge is -2.16. The minimum Gasteiger partial charge on any atom is -0.405 e. The molecule has 6 nitrogen and oxygen atoms in total. The van der Waals surface area contributed by atoms with E-state index in [1.165, 1.54) is 38.1 Å². The molecule has 0 aliphatic rings. The van der Waals surface area contributed by atoms with E-state index in [0.29, 0.717) is 4.21 Å². The highest BCUT2D eigenvalue weighted by Crippen LogP contribution is 2.42. The van der Waals surface area contributed by atoms with Crippen LogP contribution in [-0.2, 0) is 4.79 Å². The van der Waals surface area contributed by atoms with Gasteiger partial charge in [-0.05, 0) is 32.0 Å². The fourth-order valence-electron chi connectivity index (χ4n) is 1.80. The van der Waals surface area contributed by atoms with Crippen molar-refractivity contribution in [2.45, 2.75) is 34.9 Å². The van der Waals surface area contributed by atoms with Gasteiger partial charge < -0.3 is 20.9 Å². The lowest BCUT2D eigenvalue weighted by atomic mass is 10.1. The summed E-state index contributed by atoms with van der Waals surface area (Å²) in [4.78, 5) is 23.7. The normalized spacial score (nSPS) is 11.9. The minimum absolute atomic E-state index is 0.0191. The molecule has 27 heavy (non-hydrogen) atoms. The summed E-state index contributed by atoms with van der Waals surface area (Å²) in [6.07, 6.45) is -4.85.